The van der Waals surface area contributed by atoms with Crippen LogP contribution in [0.25, 0.3) is 0 Å². The van der Waals surface area contributed by atoms with Crippen molar-refractivity contribution in [2.24, 2.45) is 0 Å². The molecular formula is C23H45O6PS2. The minimum absolute atomic E-state index is 0.0309. The normalized spacial score (nSPS) is 12.8. The smallest absolute Gasteiger partial charge is 0.290 e. The number of carbonyl (C=O) groups is 2. The molecule has 0 aliphatic heterocycles. The van der Waals surface area contributed by atoms with Gasteiger partial charge in [0.15, 0.2) is 10.2 Å². The van der Waals surface area contributed by atoms with Crippen LogP contribution >= 0.6 is 31.3 Å². The van der Waals surface area contributed by atoms with Crippen molar-refractivity contribution in [3.05, 3.63) is 0 Å². The molecule has 9 heteroatoms. The summed E-state index contributed by atoms with van der Waals surface area (Å²) in [5.41, 5.74) is 0. The van der Waals surface area contributed by atoms with Crippen molar-refractivity contribution >= 4 is 41.6 Å². The molecule has 0 rings (SSSR count). The Morgan fingerprint density at radius 2 is 1.22 bits per heavy atom. The maximum atomic E-state index is 12.4. The quantitative estimate of drug-likeness (QED) is 0.107. The van der Waals surface area contributed by atoms with Crippen LogP contribution in [-0.2, 0) is 27.7 Å². The zero-order chi connectivity index (χ0) is 24.1. The molecule has 0 spiro atoms. The van der Waals surface area contributed by atoms with Crippen LogP contribution in [0.1, 0.15) is 104 Å². The highest BCUT2D eigenvalue weighted by Crippen LogP contribution is 2.48. The van der Waals surface area contributed by atoms with Crippen molar-refractivity contribution in [3.8, 4) is 0 Å². The number of carbonyl (C=O) groups excluding carboxylic acids is 2. The minimum Gasteiger partial charge on any atom is -0.290 e. The van der Waals surface area contributed by atoms with Crippen molar-refractivity contribution < 1.29 is 27.7 Å². The van der Waals surface area contributed by atoms with Crippen molar-refractivity contribution in [1.82, 2.24) is 0 Å². The molecule has 0 radical (unpaired) electrons. The largest absolute Gasteiger partial charge is 0.474 e. The van der Waals surface area contributed by atoms with Gasteiger partial charge in [0.05, 0.1) is 6.61 Å². The van der Waals surface area contributed by atoms with Gasteiger partial charge in [-0.25, -0.2) is 4.57 Å². The van der Waals surface area contributed by atoms with Crippen molar-refractivity contribution in [3.63, 3.8) is 0 Å². The predicted molar refractivity (Wildman–Crippen MR) is 137 cm³/mol. The maximum Gasteiger partial charge on any atom is 0.474 e. The van der Waals surface area contributed by atoms with Gasteiger partial charge in [-0.3, -0.25) is 23.2 Å². The van der Waals surface area contributed by atoms with Crippen LogP contribution in [0.2, 0.25) is 0 Å². The highest BCUT2D eigenvalue weighted by Gasteiger charge is 2.26. The molecular weight excluding hydrogens is 467 g/mol. The summed E-state index contributed by atoms with van der Waals surface area (Å²) in [6, 6.07) is 0. The monoisotopic (exact) mass is 512 g/mol. The van der Waals surface area contributed by atoms with Crippen LogP contribution in [0.3, 0.4) is 0 Å². The zero-order valence-electron chi connectivity index (χ0n) is 20.6. The van der Waals surface area contributed by atoms with Crippen LogP contribution in [0.15, 0.2) is 0 Å². The first kappa shape index (κ1) is 32.1. The molecule has 6 nitrogen and oxygen atoms in total. The maximum absolute atomic E-state index is 12.4. The zero-order valence-corrected chi connectivity index (χ0v) is 23.1. The van der Waals surface area contributed by atoms with Gasteiger partial charge in [-0.05, 0) is 12.8 Å². The van der Waals surface area contributed by atoms with E-state index in [1.165, 1.54) is 82.7 Å². The fourth-order valence-electron chi connectivity index (χ4n) is 3.07. The van der Waals surface area contributed by atoms with Crippen molar-refractivity contribution in [2.45, 2.75) is 109 Å². The molecule has 0 aromatic heterocycles. The molecule has 0 fully saturated rings. The van der Waals surface area contributed by atoms with Gasteiger partial charge in [-0.15, -0.1) is 0 Å². The molecule has 0 aromatic rings. The first-order valence-corrected chi connectivity index (χ1v) is 15.4. The standard InChI is InChI=1S/C23H45O6PS2/c1-5-7-9-11-13-15-17-22(24)31-20-21(19-29-30(26,27-3)28-4)32-23(25)18-16-14-12-10-8-6-2/h21H,5-20H2,1-4H3/t21-/m1/s1. The number of phosphoric acid groups is 1. The van der Waals surface area contributed by atoms with Crippen molar-refractivity contribution in [2.75, 3.05) is 26.6 Å². The summed E-state index contributed by atoms with van der Waals surface area (Å²) in [6.45, 7) is 4.41. The second-order valence-corrected chi connectivity index (χ2v) is 12.3. The van der Waals surface area contributed by atoms with Gasteiger partial charge in [-0.1, -0.05) is 102 Å². The van der Waals surface area contributed by atoms with Gasteiger partial charge in [0, 0.05) is 38.1 Å². The van der Waals surface area contributed by atoms with E-state index in [9.17, 15) is 14.2 Å². The van der Waals surface area contributed by atoms with Gasteiger partial charge in [-0.2, -0.15) is 0 Å². The molecule has 0 aliphatic rings. The SMILES string of the molecule is CCCCCCCCC(=O)SC[C@@H](COP(=O)(OC)OC)SC(=O)CCCCCCCC. The lowest BCUT2D eigenvalue weighted by Gasteiger charge is -2.18. The summed E-state index contributed by atoms with van der Waals surface area (Å²) in [6.07, 6.45) is 14.7. The molecule has 32 heavy (non-hydrogen) atoms. The lowest BCUT2D eigenvalue weighted by molar-refractivity contribution is -0.112. The summed E-state index contributed by atoms with van der Waals surface area (Å²) in [4.78, 5) is 24.7. The van der Waals surface area contributed by atoms with Gasteiger partial charge >= 0.3 is 7.82 Å². The van der Waals surface area contributed by atoms with Crippen LogP contribution in [-0.4, -0.2) is 42.1 Å². The fourth-order valence-corrected chi connectivity index (χ4v) is 5.90. The third-order valence-corrected chi connectivity index (χ3v) is 8.83. The Bertz CT molecular complexity index is 525. The second kappa shape index (κ2) is 21.7. The number of thioether (sulfide) groups is 2. The Balaban J connectivity index is 4.43. The van der Waals surface area contributed by atoms with E-state index in [1.54, 1.807) is 0 Å². The Hall–Kier alpha value is 0.150. The first-order valence-electron chi connectivity index (χ1n) is 12.1. The molecule has 190 valence electrons. The van der Waals surface area contributed by atoms with E-state index in [0.29, 0.717) is 18.6 Å². The minimum atomic E-state index is -3.61. The summed E-state index contributed by atoms with van der Waals surface area (Å²) in [5.74, 6) is 0.439. The number of rotatable bonds is 22. The molecule has 0 aromatic carbocycles. The Morgan fingerprint density at radius 1 is 0.750 bits per heavy atom. The molecule has 1 atom stereocenters. The Labute approximate surface area is 204 Å². The van der Waals surface area contributed by atoms with E-state index < -0.39 is 7.82 Å². The number of unbranched alkanes of at least 4 members (excludes halogenated alkanes) is 10. The lowest BCUT2D eigenvalue weighted by Crippen LogP contribution is -2.18. The van der Waals surface area contributed by atoms with E-state index in [2.05, 4.69) is 13.8 Å². The Morgan fingerprint density at radius 3 is 1.72 bits per heavy atom. The third-order valence-electron chi connectivity index (χ3n) is 5.06. The summed E-state index contributed by atoms with van der Waals surface area (Å²) >= 11 is 2.42. The van der Waals surface area contributed by atoms with E-state index in [0.717, 1.165) is 32.1 Å². The first-order chi connectivity index (χ1) is 15.4. The summed E-state index contributed by atoms with van der Waals surface area (Å²) in [5, 5.41) is -0.0569. The van der Waals surface area contributed by atoms with E-state index in [4.69, 9.17) is 13.6 Å². The molecule has 0 amide bonds. The topological polar surface area (TPSA) is 78.9 Å². The molecule has 0 saturated carbocycles. The van der Waals surface area contributed by atoms with Crippen molar-refractivity contribution in [1.29, 1.82) is 0 Å². The molecule has 0 heterocycles. The van der Waals surface area contributed by atoms with Gasteiger partial charge in [0.2, 0.25) is 0 Å². The van der Waals surface area contributed by atoms with Crippen LogP contribution in [0.4, 0.5) is 0 Å². The highest BCUT2D eigenvalue weighted by molar-refractivity contribution is 8.17. The van der Waals surface area contributed by atoms with E-state index >= 15 is 0 Å². The average Bonchev–Trinajstić information content (AvgIpc) is 2.80. The lowest BCUT2D eigenvalue weighted by atomic mass is 10.1. The second-order valence-electron chi connectivity index (χ2n) is 7.94. The number of hydrogen-bond acceptors (Lipinski definition) is 8. The number of hydrogen-bond donors (Lipinski definition) is 0. The molecule has 0 aliphatic carbocycles. The third kappa shape index (κ3) is 18.6. The summed E-state index contributed by atoms with van der Waals surface area (Å²) < 4.78 is 27.2. The highest BCUT2D eigenvalue weighted by atomic mass is 32.2. The van der Waals surface area contributed by atoms with Crippen LogP contribution in [0, 0.1) is 0 Å². The van der Waals surface area contributed by atoms with Crippen LogP contribution in [0.5, 0.6) is 0 Å². The predicted octanol–water partition coefficient (Wildman–Crippen LogP) is 7.79. The van der Waals surface area contributed by atoms with Gasteiger partial charge in [0.1, 0.15) is 0 Å². The molecule has 0 unspecified atom stereocenters. The number of phosphoric ester groups is 1. The van der Waals surface area contributed by atoms with E-state index in [-0.39, 0.29) is 22.1 Å². The van der Waals surface area contributed by atoms with E-state index in [1.807, 2.05) is 0 Å². The Kier molecular flexibility index (Phi) is 21.8. The molecule has 0 bridgehead atoms. The molecule has 0 saturated heterocycles. The molecule has 0 N–H and O–H groups in total. The average molecular weight is 513 g/mol. The summed E-state index contributed by atoms with van der Waals surface area (Å²) in [7, 11) is -1.10. The van der Waals surface area contributed by atoms with Gasteiger partial charge in [0.25, 0.3) is 0 Å². The van der Waals surface area contributed by atoms with Crippen LogP contribution < -0.4 is 0 Å². The van der Waals surface area contributed by atoms with Gasteiger partial charge < -0.3 is 0 Å². The fraction of sp³-hybridized carbons (Fsp3) is 0.913.